The molecule has 2 N–H and O–H groups in total. The number of hydrazine groups is 1. The van der Waals surface area contributed by atoms with E-state index in [0.29, 0.717) is 5.01 Å². The Labute approximate surface area is 84.7 Å². The van der Waals surface area contributed by atoms with Crippen LogP contribution in [0.15, 0.2) is 11.8 Å². The second-order valence-corrected chi connectivity index (χ2v) is 4.38. The fourth-order valence-corrected chi connectivity index (χ4v) is 1.14. The molecule has 0 amide bonds. The van der Waals surface area contributed by atoms with E-state index in [-0.39, 0.29) is 5.41 Å². The molecule has 0 fully saturated rings. The molecule has 0 unspecified atom stereocenters. The Kier molecular flexibility index (Phi) is 5.05. The van der Waals surface area contributed by atoms with E-state index in [2.05, 4.69) is 0 Å². The summed E-state index contributed by atoms with van der Waals surface area (Å²) in [5, 5.41) is 0.468. The molecule has 0 heterocycles. The summed E-state index contributed by atoms with van der Waals surface area (Å²) in [6.45, 7) is 5.36. The summed E-state index contributed by atoms with van der Waals surface area (Å²) in [6.07, 6.45) is 3.08. The summed E-state index contributed by atoms with van der Waals surface area (Å²) in [7, 11) is 0. The molecule has 0 atom stereocenters. The van der Waals surface area contributed by atoms with Crippen molar-refractivity contribution in [2.75, 3.05) is 0 Å². The topological polar surface area (TPSA) is 29.3 Å². The van der Waals surface area contributed by atoms with Crippen LogP contribution < -0.4 is 5.84 Å². The predicted molar refractivity (Wildman–Crippen MR) is 54.5 cm³/mol. The van der Waals surface area contributed by atoms with Gasteiger partial charge in [0.25, 0.3) is 0 Å². The summed E-state index contributed by atoms with van der Waals surface area (Å²) in [5.74, 6) is 5.15. The smallest absolute Gasteiger partial charge is 0.259 e. The van der Waals surface area contributed by atoms with Gasteiger partial charge in [-0.25, -0.2) is 5.84 Å². The lowest BCUT2D eigenvalue weighted by Crippen LogP contribution is -2.31. The van der Waals surface area contributed by atoms with Crippen molar-refractivity contribution >= 4 is 0 Å². The number of nitrogens with zero attached hydrogens (tertiary/aromatic N) is 1. The van der Waals surface area contributed by atoms with Gasteiger partial charge in [0.2, 0.25) is 0 Å². The van der Waals surface area contributed by atoms with Crippen LogP contribution in [-0.4, -0.2) is 11.6 Å². The normalized spacial score (nSPS) is 13.6. The molecule has 0 rings (SSSR count). The quantitative estimate of drug-likeness (QED) is 0.435. The minimum Gasteiger partial charge on any atom is -0.259 e. The van der Waals surface area contributed by atoms with Crippen LogP contribution >= 0.6 is 0 Å². The lowest BCUT2D eigenvalue weighted by Gasteiger charge is -2.25. The number of rotatable bonds is 4. The van der Waals surface area contributed by atoms with Crippen molar-refractivity contribution in [3.63, 3.8) is 0 Å². The van der Waals surface area contributed by atoms with Crippen molar-refractivity contribution in [2.45, 2.75) is 47.1 Å². The minimum absolute atomic E-state index is 0.109. The maximum atomic E-state index is 12.2. The Bertz CT molecular complexity index is 195. The fraction of sp³-hybridized carbons (Fsp3) is 0.800. The van der Waals surface area contributed by atoms with Crippen LogP contribution in [0.2, 0.25) is 0 Å². The lowest BCUT2D eigenvalue weighted by atomic mass is 9.84. The Balaban J connectivity index is 4.64. The first-order chi connectivity index (χ1) is 6.29. The van der Waals surface area contributed by atoms with Gasteiger partial charge in [-0.3, -0.25) is 5.01 Å². The number of hydrogen-bond donors (Lipinski definition) is 1. The van der Waals surface area contributed by atoms with E-state index in [1.807, 2.05) is 27.7 Å². The van der Waals surface area contributed by atoms with Crippen LogP contribution in [0, 0.1) is 5.41 Å². The number of allylic oxidation sites excluding steroid dienone is 1. The van der Waals surface area contributed by atoms with Gasteiger partial charge in [-0.05, 0) is 17.4 Å². The van der Waals surface area contributed by atoms with Gasteiger partial charge in [0, 0.05) is 6.20 Å². The first-order valence-electron chi connectivity index (χ1n) is 4.81. The summed E-state index contributed by atoms with van der Waals surface area (Å²) in [4.78, 5) is 0. The first kappa shape index (κ1) is 13.4. The number of nitrogens with two attached hydrogens (primary N) is 1. The molecular formula is C10H20F2N2. The molecule has 0 saturated carbocycles. The zero-order chi connectivity index (χ0) is 11.4. The Morgan fingerprint density at radius 3 is 2.21 bits per heavy atom. The molecule has 0 aromatic heterocycles. The highest BCUT2D eigenvalue weighted by atomic mass is 19.3. The van der Waals surface area contributed by atoms with Crippen molar-refractivity contribution in [2.24, 2.45) is 11.3 Å². The van der Waals surface area contributed by atoms with Crippen molar-refractivity contribution in [3.8, 4) is 0 Å². The minimum atomic E-state index is -2.63. The molecular weight excluding hydrogens is 186 g/mol. The number of hydrogen-bond acceptors (Lipinski definition) is 2. The zero-order valence-electron chi connectivity index (χ0n) is 9.35. The molecule has 0 aromatic rings. The van der Waals surface area contributed by atoms with Gasteiger partial charge in [-0.1, -0.05) is 34.1 Å². The highest BCUT2D eigenvalue weighted by Gasteiger charge is 2.18. The maximum Gasteiger partial charge on any atom is 0.327 e. The average molecular weight is 206 g/mol. The van der Waals surface area contributed by atoms with E-state index < -0.39 is 6.55 Å². The van der Waals surface area contributed by atoms with Crippen LogP contribution in [0.4, 0.5) is 8.78 Å². The Morgan fingerprint density at radius 2 is 1.93 bits per heavy atom. The largest absolute Gasteiger partial charge is 0.327 e. The lowest BCUT2D eigenvalue weighted by molar-refractivity contribution is 0.00403. The molecule has 2 nitrogen and oxygen atoms in total. The summed E-state index contributed by atoms with van der Waals surface area (Å²) in [5.41, 5.74) is 0.838. The third-order valence-electron chi connectivity index (χ3n) is 2.01. The third-order valence-corrected chi connectivity index (χ3v) is 2.01. The van der Waals surface area contributed by atoms with Crippen molar-refractivity contribution in [3.05, 3.63) is 11.8 Å². The van der Waals surface area contributed by atoms with Crippen molar-refractivity contribution < 1.29 is 8.78 Å². The highest BCUT2D eigenvalue weighted by Crippen LogP contribution is 2.29. The van der Waals surface area contributed by atoms with Gasteiger partial charge < -0.3 is 0 Å². The second kappa shape index (κ2) is 5.29. The Morgan fingerprint density at radius 1 is 1.43 bits per heavy atom. The standard InChI is InChI=1S/C10H20F2N2/c1-5-6-8(10(2,3)4)7-14(13)9(11)12/h7,9H,5-6,13H2,1-4H3/b8-7+. The van der Waals surface area contributed by atoms with Crippen LogP contribution in [0.5, 0.6) is 0 Å². The molecule has 0 saturated heterocycles. The van der Waals surface area contributed by atoms with Gasteiger partial charge in [-0.2, -0.15) is 8.78 Å². The molecule has 0 radical (unpaired) electrons. The van der Waals surface area contributed by atoms with Gasteiger partial charge in [0.15, 0.2) is 0 Å². The summed E-state index contributed by atoms with van der Waals surface area (Å²) >= 11 is 0. The van der Waals surface area contributed by atoms with Gasteiger partial charge in [-0.15, -0.1) is 0 Å². The molecule has 84 valence electrons. The molecule has 0 aliphatic carbocycles. The molecule has 0 bridgehead atoms. The molecule has 0 aliphatic rings. The van der Waals surface area contributed by atoms with Gasteiger partial charge >= 0.3 is 6.55 Å². The number of alkyl halides is 2. The van der Waals surface area contributed by atoms with E-state index in [4.69, 9.17) is 5.84 Å². The Hall–Kier alpha value is -0.640. The zero-order valence-corrected chi connectivity index (χ0v) is 9.35. The van der Waals surface area contributed by atoms with Crippen molar-refractivity contribution in [1.82, 2.24) is 5.01 Å². The highest BCUT2D eigenvalue weighted by molar-refractivity contribution is 5.09. The SMILES string of the molecule is CCC/C(=C\N(N)C(F)F)C(C)(C)C. The van der Waals surface area contributed by atoms with Gasteiger partial charge in [0.1, 0.15) is 0 Å². The van der Waals surface area contributed by atoms with E-state index in [1.54, 1.807) is 0 Å². The van der Waals surface area contributed by atoms with E-state index >= 15 is 0 Å². The fourth-order valence-electron chi connectivity index (χ4n) is 1.14. The summed E-state index contributed by atoms with van der Waals surface area (Å²) in [6, 6.07) is 0. The average Bonchev–Trinajstić information content (AvgIpc) is 2.01. The summed E-state index contributed by atoms with van der Waals surface area (Å²) < 4.78 is 24.3. The predicted octanol–water partition coefficient (Wildman–Crippen LogP) is 3.11. The van der Waals surface area contributed by atoms with Crippen LogP contribution in [0.3, 0.4) is 0 Å². The van der Waals surface area contributed by atoms with Crippen molar-refractivity contribution in [1.29, 1.82) is 0 Å². The molecule has 4 heteroatoms. The second-order valence-electron chi connectivity index (χ2n) is 4.38. The molecule has 14 heavy (non-hydrogen) atoms. The third kappa shape index (κ3) is 4.56. The number of halogens is 2. The van der Waals surface area contributed by atoms with Gasteiger partial charge in [0.05, 0.1) is 0 Å². The monoisotopic (exact) mass is 206 g/mol. The molecule has 0 aromatic carbocycles. The van der Waals surface area contributed by atoms with Crippen LogP contribution in [0.25, 0.3) is 0 Å². The van der Waals surface area contributed by atoms with Crippen LogP contribution in [-0.2, 0) is 0 Å². The maximum absolute atomic E-state index is 12.2. The van der Waals surface area contributed by atoms with E-state index in [1.165, 1.54) is 6.20 Å². The first-order valence-corrected chi connectivity index (χ1v) is 4.81. The van der Waals surface area contributed by atoms with E-state index in [9.17, 15) is 8.78 Å². The molecule has 0 aliphatic heterocycles. The van der Waals surface area contributed by atoms with E-state index in [0.717, 1.165) is 18.4 Å². The molecule has 0 spiro atoms. The van der Waals surface area contributed by atoms with Crippen LogP contribution in [0.1, 0.15) is 40.5 Å².